The highest BCUT2D eigenvalue weighted by molar-refractivity contribution is 9.11. The highest BCUT2D eigenvalue weighted by atomic mass is 79.9. The number of rotatable bonds is 4. The molecule has 2 aromatic carbocycles. The lowest BCUT2D eigenvalue weighted by Crippen LogP contribution is -2.12. The number of anilines is 1. The fraction of sp³-hybridized carbons (Fsp3) is 0.125. The lowest BCUT2D eigenvalue weighted by molar-refractivity contribution is 0.102. The lowest BCUT2D eigenvalue weighted by atomic mass is 10.2. The summed E-state index contributed by atoms with van der Waals surface area (Å²) in [6, 6.07) is 11.2. The molecule has 4 nitrogen and oxygen atoms in total. The van der Waals surface area contributed by atoms with Gasteiger partial charge in [-0.05, 0) is 59.3 Å². The summed E-state index contributed by atoms with van der Waals surface area (Å²) in [5, 5.41) is 3.40. The highest BCUT2D eigenvalue weighted by Gasteiger charge is 2.13. The van der Waals surface area contributed by atoms with Gasteiger partial charge in [0.05, 0.1) is 22.4 Å². The van der Waals surface area contributed by atoms with Gasteiger partial charge in [0.25, 0.3) is 5.91 Å². The number of halogens is 2. The Morgan fingerprint density at radius 1 is 1.26 bits per heavy atom. The molecule has 7 heteroatoms. The molecule has 0 aliphatic carbocycles. The second-order valence-corrected chi connectivity index (χ2v) is 7.46. The third kappa shape index (κ3) is 3.73. The average Bonchev–Trinajstić information content (AvgIpc) is 2.91. The number of fused-ring (bicyclic) bond motifs is 1. The van der Waals surface area contributed by atoms with Crippen molar-refractivity contribution in [2.24, 2.45) is 0 Å². The Balaban J connectivity index is 1.86. The summed E-state index contributed by atoms with van der Waals surface area (Å²) >= 11 is 8.18. The van der Waals surface area contributed by atoms with Gasteiger partial charge in [0, 0.05) is 8.95 Å². The summed E-state index contributed by atoms with van der Waals surface area (Å²) in [5.74, 6) is 0.596. The maximum absolute atomic E-state index is 12.4. The molecule has 0 unspecified atom stereocenters. The van der Waals surface area contributed by atoms with Gasteiger partial charge in [-0.3, -0.25) is 10.1 Å². The number of thiazole rings is 1. The van der Waals surface area contributed by atoms with Crippen LogP contribution in [-0.4, -0.2) is 17.5 Å². The number of carbonyl (C=O) groups is 1. The predicted molar refractivity (Wildman–Crippen MR) is 101 cm³/mol. The molecule has 1 amide bonds. The van der Waals surface area contributed by atoms with Crippen molar-refractivity contribution < 1.29 is 9.53 Å². The molecule has 0 spiro atoms. The Hall–Kier alpha value is -1.44. The Labute approximate surface area is 154 Å². The first-order chi connectivity index (χ1) is 11.1. The van der Waals surface area contributed by atoms with Crippen molar-refractivity contribution in [3.63, 3.8) is 0 Å². The minimum absolute atomic E-state index is 0.206. The van der Waals surface area contributed by atoms with Crippen molar-refractivity contribution in [2.75, 3.05) is 11.9 Å². The maximum atomic E-state index is 12.4. The SMILES string of the molecule is CCOc1ccc2nc(NC(=O)c3cc(Br)ccc3Br)sc2c1. The first kappa shape index (κ1) is 16.4. The molecule has 0 atom stereocenters. The van der Waals surface area contributed by atoms with Crippen LogP contribution in [-0.2, 0) is 0 Å². The minimum Gasteiger partial charge on any atom is -0.494 e. The van der Waals surface area contributed by atoms with Crippen LogP contribution in [0, 0.1) is 0 Å². The van der Waals surface area contributed by atoms with Gasteiger partial charge in [-0.25, -0.2) is 4.98 Å². The zero-order chi connectivity index (χ0) is 16.4. The summed E-state index contributed by atoms with van der Waals surface area (Å²) < 4.78 is 8.03. The van der Waals surface area contributed by atoms with Crippen molar-refractivity contribution in [2.45, 2.75) is 6.92 Å². The molecule has 1 heterocycles. The van der Waals surface area contributed by atoms with Gasteiger partial charge in [0.2, 0.25) is 0 Å². The second-order valence-electron chi connectivity index (χ2n) is 4.66. The van der Waals surface area contributed by atoms with Crippen molar-refractivity contribution in [1.29, 1.82) is 0 Å². The zero-order valence-electron chi connectivity index (χ0n) is 12.1. The number of amides is 1. The zero-order valence-corrected chi connectivity index (χ0v) is 16.1. The number of hydrogen-bond acceptors (Lipinski definition) is 4. The van der Waals surface area contributed by atoms with E-state index in [0.29, 0.717) is 17.3 Å². The molecule has 0 radical (unpaired) electrons. The largest absolute Gasteiger partial charge is 0.494 e. The number of nitrogens with one attached hydrogen (secondary N) is 1. The van der Waals surface area contributed by atoms with Crippen LogP contribution in [0.25, 0.3) is 10.2 Å². The van der Waals surface area contributed by atoms with Crippen LogP contribution in [0.15, 0.2) is 45.3 Å². The van der Waals surface area contributed by atoms with Crippen LogP contribution in [0.1, 0.15) is 17.3 Å². The topological polar surface area (TPSA) is 51.2 Å². The Bertz CT molecular complexity index is 880. The molecule has 3 rings (SSSR count). The molecular formula is C16H12Br2N2O2S. The maximum Gasteiger partial charge on any atom is 0.258 e. The number of nitrogens with zero attached hydrogens (tertiary/aromatic N) is 1. The standard InChI is InChI=1S/C16H12Br2N2O2S/c1-2-22-10-4-6-13-14(8-10)23-16(19-13)20-15(21)11-7-9(17)3-5-12(11)18/h3-8H,2H2,1H3,(H,19,20,21). The molecule has 23 heavy (non-hydrogen) atoms. The number of aromatic nitrogens is 1. The Kier molecular flexibility index (Phi) is 4.99. The number of benzene rings is 2. The molecular weight excluding hydrogens is 444 g/mol. The van der Waals surface area contributed by atoms with Crippen LogP contribution in [0.3, 0.4) is 0 Å². The van der Waals surface area contributed by atoms with E-state index in [9.17, 15) is 4.79 Å². The van der Waals surface area contributed by atoms with E-state index >= 15 is 0 Å². The van der Waals surface area contributed by atoms with Crippen molar-refractivity contribution >= 4 is 64.5 Å². The predicted octanol–water partition coefficient (Wildman–Crippen LogP) is 5.47. The molecule has 118 valence electrons. The average molecular weight is 456 g/mol. The molecule has 3 aromatic rings. The van der Waals surface area contributed by atoms with Crippen LogP contribution >= 0.6 is 43.2 Å². The first-order valence-corrected chi connectivity index (χ1v) is 9.27. The fourth-order valence-corrected chi connectivity index (χ4v) is 3.73. The second kappa shape index (κ2) is 6.98. The van der Waals surface area contributed by atoms with Gasteiger partial charge in [0.15, 0.2) is 5.13 Å². The van der Waals surface area contributed by atoms with Gasteiger partial charge >= 0.3 is 0 Å². The smallest absolute Gasteiger partial charge is 0.258 e. The summed E-state index contributed by atoms with van der Waals surface area (Å²) in [6.45, 7) is 2.56. The van der Waals surface area contributed by atoms with Crippen LogP contribution in [0.4, 0.5) is 5.13 Å². The minimum atomic E-state index is -0.206. The quantitative estimate of drug-likeness (QED) is 0.567. The summed E-state index contributed by atoms with van der Waals surface area (Å²) in [5.41, 5.74) is 1.38. The Morgan fingerprint density at radius 3 is 2.87 bits per heavy atom. The summed E-state index contributed by atoms with van der Waals surface area (Å²) in [4.78, 5) is 16.8. The first-order valence-electron chi connectivity index (χ1n) is 6.86. The number of carbonyl (C=O) groups excluding carboxylic acids is 1. The van der Waals surface area contributed by atoms with E-state index in [2.05, 4.69) is 42.2 Å². The van der Waals surface area contributed by atoms with Gasteiger partial charge < -0.3 is 4.74 Å². The Morgan fingerprint density at radius 2 is 2.09 bits per heavy atom. The van der Waals surface area contributed by atoms with E-state index in [1.54, 1.807) is 6.07 Å². The molecule has 1 aromatic heterocycles. The van der Waals surface area contributed by atoms with Gasteiger partial charge in [0.1, 0.15) is 5.75 Å². The third-order valence-corrected chi connectivity index (χ3v) is 5.18. The van der Waals surface area contributed by atoms with Crippen molar-refractivity contribution in [3.05, 3.63) is 50.9 Å². The van der Waals surface area contributed by atoms with Crippen LogP contribution in [0.5, 0.6) is 5.75 Å². The van der Waals surface area contributed by atoms with E-state index in [-0.39, 0.29) is 5.91 Å². The lowest BCUT2D eigenvalue weighted by Gasteiger charge is -2.04. The van der Waals surface area contributed by atoms with E-state index in [4.69, 9.17) is 4.74 Å². The number of ether oxygens (including phenoxy) is 1. The molecule has 0 saturated heterocycles. The number of hydrogen-bond donors (Lipinski definition) is 1. The van der Waals surface area contributed by atoms with E-state index in [1.807, 2.05) is 37.3 Å². The van der Waals surface area contributed by atoms with Crippen molar-refractivity contribution in [1.82, 2.24) is 4.98 Å². The van der Waals surface area contributed by atoms with Gasteiger partial charge in [-0.2, -0.15) is 0 Å². The van der Waals surface area contributed by atoms with Gasteiger partial charge in [-0.15, -0.1) is 0 Å². The highest BCUT2D eigenvalue weighted by Crippen LogP contribution is 2.30. The van der Waals surface area contributed by atoms with E-state index in [0.717, 1.165) is 24.9 Å². The van der Waals surface area contributed by atoms with E-state index in [1.165, 1.54) is 11.3 Å². The monoisotopic (exact) mass is 454 g/mol. The molecule has 0 fully saturated rings. The summed E-state index contributed by atoms with van der Waals surface area (Å²) in [6.07, 6.45) is 0. The van der Waals surface area contributed by atoms with Crippen molar-refractivity contribution in [3.8, 4) is 5.75 Å². The molecule has 0 bridgehead atoms. The van der Waals surface area contributed by atoms with Gasteiger partial charge in [-0.1, -0.05) is 27.3 Å². The molecule has 1 N–H and O–H groups in total. The van der Waals surface area contributed by atoms with E-state index < -0.39 is 0 Å². The van der Waals surface area contributed by atoms with Crippen LogP contribution in [0.2, 0.25) is 0 Å². The third-order valence-electron chi connectivity index (χ3n) is 3.06. The normalized spacial score (nSPS) is 10.7. The fourth-order valence-electron chi connectivity index (χ4n) is 2.05. The molecule has 0 aliphatic rings. The molecule has 0 aliphatic heterocycles. The summed E-state index contributed by atoms with van der Waals surface area (Å²) in [7, 11) is 0. The van der Waals surface area contributed by atoms with Crippen LogP contribution < -0.4 is 10.1 Å². The molecule has 0 saturated carbocycles.